The van der Waals surface area contributed by atoms with E-state index in [1.54, 1.807) is 4.31 Å². The molecule has 0 aliphatic carbocycles. The van der Waals surface area contributed by atoms with Gasteiger partial charge in [0.2, 0.25) is 10.0 Å². The van der Waals surface area contributed by atoms with E-state index < -0.39 is 10.0 Å². The second-order valence-electron chi connectivity index (χ2n) is 6.39. The van der Waals surface area contributed by atoms with Crippen LogP contribution in [0.3, 0.4) is 0 Å². The first-order chi connectivity index (χ1) is 9.68. The van der Waals surface area contributed by atoms with Crippen LogP contribution in [0.1, 0.15) is 38.5 Å². The molecule has 0 amide bonds. The minimum Gasteiger partial charge on any atom is -0.317 e. The Kier molecular flexibility index (Phi) is 4.65. The molecule has 3 heterocycles. The lowest BCUT2D eigenvalue weighted by atomic mass is 10.1. The van der Waals surface area contributed by atoms with Crippen molar-refractivity contribution in [1.29, 1.82) is 0 Å². The molecule has 1 atom stereocenters. The molecule has 3 saturated heterocycles. The van der Waals surface area contributed by atoms with Crippen LogP contribution in [0.5, 0.6) is 0 Å². The summed E-state index contributed by atoms with van der Waals surface area (Å²) in [6.45, 7) is 5.46. The SMILES string of the molecule is O=S(=O)(C1CCNCC1)N1CCC(N2CCCCC2)C1. The average Bonchev–Trinajstić information content (AvgIpc) is 3.00. The Labute approximate surface area is 122 Å². The van der Waals surface area contributed by atoms with E-state index >= 15 is 0 Å². The first kappa shape index (κ1) is 14.8. The third kappa shape index (κ3) is 3.03. The second kappa shape index (κ2) is 6.30. The number of hydrogen-bond acceptors (Lipinski definition) is 4. The lowest BCUT2D eigenvalue weighted by Crippen LogP contribution is -2.45. The van der Waals surface area contributed by atoms with Crippen molar-refractivity contribution >= 4 is 10.0 Å². The minimum absolute atomic E-state index is 0.149. The molecule has 6 heteroatoms. The fourth-order valence-electron chi connectivity index (χ4n) is 3.83. The summed E-state index contributed by atoms with van der Waals surface area (Å²) in [4.78, 5) is 2.52. The Bertz CT molecular complexity index is 414. The van der Waals surface area contributed by atoms with Crippen LogP contribution in [0.4, 0.5) is 0 Å². The smallest absolute Gasteiger partial charge is 0.217 e. The zero-order chi connectivity index (χ0) is 14.0. The topological polar surface area (TPSA) is 52.7 Å². The Morgan fingerprint density at radius 3 is 2.30 bits per heavy atom. The molecule has 5 nitrogen and oxygen atoms in total. The molecule has 3 fully saturated rings. The molecule has 3 rings (SSSR count). The normalized spacial score (nSPS) is 31.7. The highest BCUT2D eigenvalue weighted by Crippen LogP contribution is 2.26. The van der Waals surface area contributed by atoms with Crippen LogP contribution in [0.2, 0.25) is 0 Å². The summed E-state index contributed by atoms with van der Waals surface area (Å²) >= 11 is 0. The second-order valence-corrected chi connectivity index (χ2v) is 8.60. The van der Waals surface area contributed by atoms with E-state index in [2.05, 4.69) is 10.2 Å². The standard InChI is InChI=1S/C14H27N3O2S/c18-20(19,14-4-7-15-8-5-14)17-11-6-13(12-17)16-9-2-1-3-10-16/h13-15H,1-12H2. The van der Waals surface area contributed by atoms with E-state index in [4.69, 9.17) is 0 Å². The zero-order valence-corrected chi connectivity index (χ0v) is 13.1. The molecule has 20 heavy (non-hydrogen) atoms. The number of piperidine rings is 2. The molecule has 0 aromatic heterocycles. The fraction of sp³-hybridized carbons (Fsp3) is 1.00. The van der Waals surface area contributed by atoms with Crippen molar-refractivity contribution in [1.82, 2.24) is 14.5 Å². The van der Waals surface area contributed by atoms with Gasteiger partial charge in [-0.2, -0.15) is 0 Å². The van der Waals surface area contributed by atoms with Crippen molar-refractivity contribution in [2.24, 2.45) is 0 Å². The molecule has 3 aliphatic heterocycles. The van der Waals surface area contributed by atoms with Gasteiger partial charge in [0.05, 0.1) is 5.25 Å². The van der Waals surface area contributed by atoms with Crippen LogP contribution >= 0.6 is 0 Å². The van der Waals surface area contributed by atoms with Crippen LogP contribution in [-0.2, 0) is 10.0 Å². The summed E-state index contributed by atoms with van der Waals surface area (Å²) in [6.07, 6.45) is 6.44. The van der Waals surface area contributed by atoms with Gasteiger partial charge in [-0.05, 0) is 58.3 Å². The van der Waals surface area contributed by atoms with Gasteiger partial charge in [0.1, 0.15) is 0 Å². The van der Waals surface area contributed by atoms with Crippen molar-refractivity contribution in [3.8, 4) is 0 Å². The third-order valence-corrected chi connectivity index (χ3v) is 7.47. The van der Waals surface area contributed by atoms with Gasteiger partial charge in [-0.3, -0.25) is 4.90 Å². The van der Waals surface area contributed by atoms with Gasteiger partial charge < -0.3 is 5.32 Å². The predicted octanol–water partition coefficient (Wildman–Crippen LogP) is 0.628. The molecule has 0 aromatic carbocycles. The highest BCUT2D eigenvalue weighted by Gasteiger charge is 2.39. The van der Waals surface area contributed by atoms with Gasteiger partial charge in [-0.25, -0.2) is 12.7 Å². The Morgan fingerprint density at radius 2 is 1.60 bits per heavy atom. The van der Waals surface area contributed by atoms with E-state index in [0.717, 1.165) is 58.5 Å². The molecule has 0 aromatic rings. The largest absolute Gasteiger partial charge is 0.317 e. The number of likely N-dealkylation sites (tertiary alicyclic amines) is 1. The number of hydrogen-bond donors (Lipinski definition) is 1. The molecular formula is C14H27N3O2S. The lowest BCUT2D eigenvalue weighted by molar-refractivity contribution is 0.169. The third-order valence-electron chi connectivity index (χ3n) is 5.10. The van der Waals surface area contributed by atoms with E-state index in [0.29, 0.717) is 6.04 Å². The number of nitrogens with one attached hydrogen (secondary N) is 1. The van der Waals surface area contributed by atoms with Crippen molar-refractivity contribution < 1.29 is 8.42 Å². The van der Waals surface area contributed by atoms with Crippen molar-refractivity contribution in [3.63, 3.8) is 0 Å². The molecule has 0 bridgehead atoms. The average molecular weight is 301 g/mol. The van der Waals surface area contributed by atoms with Gasteiger partial charge in [0.25, 0.3) is 0 Å². The van der Waals surface area contributed by atoms with Crippen molar-refractivity contribution in [2.45, 2.75) is 49.8 Å². The van der Waals surface area contributed by atoms with Gasteiger partial charge in [0.15, 0.2) is 0 Å². The van der Waals surface area contributed by atoms with Crippen LogP contribution in [0.15, 0.2) is 0 Å². The van der Waals surface area contributed by atoms with Crippen LogP contribution < -0.4 is 5.32 Å². The molecule has 0 spiro atoms. The quantitative estimate of drug-likeness (QED) is 0.831. The van der Waals surface area contributed by atoms with Crippen molar-refractivity contribution in [3.05, 3.63) is 0 Å². The van der Waals surface area contributed by atoms with Gasteiger partial charge in [-0.1, -0.05) is 6.42 Å². The number of sulfonamides is 1. The maximum Gasteiger partial charge on any atom is 0.217 e. The maximum absolute atomic E-state index is 12.7. The minimum atomic E-state index is -3.07. The highest BCUT2D eigenvalue weighted by atomic mass is 32.2. The van der Waals surface area contributed by atoms with E-state index in [9.17, 15) is 8.42 Å². The Hall–Kier alpha value is -0.170. The summed E-state index contributed by atoms with van der Waals surface area (Å²) in [7, 11) is -3.07. The maximum atomic E-state index is 12.7. The van der Waals surface area contributed by atoms with Gasteiger partial charge in [0, 0.05) is 19.1 Å². The molecule has 116 valence electrons. The van der Waals surface area contributed by atoms with Crippen LogP contribution in [0, 0.1) is 0 Å². The van der Waals surface area contributed by atoms with E-state index in [1.807, 2.05) is 0 Å². The Balaban J connectivity index is 1.60. The first-order valence-electron chi connectivity index (χ1n) is 8.11. The fourth-order valence-corrected chi connectivity index (χ4v) is 5.82. The summed E-state index contributed by atoms with van der Waals surface area (Å²) in [5.74, 6) is 0. The van der Waals surface area contributed by atoms with Crippen LogP contribution in [0.25, 0.3) is 0 Å². The zero-order valence-electron chi connectivity index (χ0n) is 12.3. The van der Waals surface area contributed by atoms with Crippen LogP contribution in [-0.4, -0.2) is 68.2 Å². The summed E-state index contributed by atoms with van der Waals surface area (Å²) in [5.41, 5.74) is 0. The molecular weight excluding hydrogens is 274 g/mol. The molecule has 1 unspecified atom stereocenters. The summed E-state index contributed by atoms with van der Waals surface area (Å²) in [5, 5.41) is 3.10. The van der Waals surface area contributed by atoms with E-state index in [-0.39, 0.29) is 5.25 Å². The monoisotopic (exact) mass is 301 g/mol. The molecule has 3 aliphatic rings. The molecule has 1 N–H and O–H groups in total. The van der Waals surface area contributed by atoms with E-state index in [1.165, 1.54) is 19.3 Å². The number of nitrogens with zero attached hydrogens (tertiary/aromatic N) is 2. The first-order valence-corrected chi connectivity index (χ1v) is 9.62. The molecule has 0 radical (unpaired) electrons. The summed E-state index contributed by atoms with van der Waals surface area (Å²) in [6, 6.07) is 0.465. The van der Waals surface area contributed by atoms with Gasteiger partial charge in [-0.15, -0.1) is 0 Å². The van der Waals surface area contributed by atoms with Gasteiger partial charge >= 0.3 is 0 Å². The predicted molar refractivity (Wildman–Crippen MR) is 80.2 cm³/mol. The number of rotatable bonds is 3. The van der Waals surface area contributed by atoms with Crippen molar-refractivity contribution in [2.75, 3.05) is 39.3 Å². The highest BCUT2D eigenvalue weighted by molar-refractivity contribution is 7.89. The lowest BCUT2D eigenvalue weighted by Gasteiger charge is -2.32. The molecule has 0 saturated carbocycles. The Morgan fingerprint density at radius 1 is 0.900 bits per heavy atom. The summed E-state index contributed by atoms with van der Waals surface area (Å²) < 4.78 is 27.2.